The number of aryl methyl sites for hydroxylation is 1. The molecule has 0 fully saturated rings. The normalized spacial score (nSPS) is 16.9. The number of rotatable bonds is 10. The number of amides is 3. The van der Waals surface area contributed by atoms with E-state index < -0.39 is 11.3 Å². The first kappa shape index (κ1) is 29.4. The van der Waals surface area contributed by atoms with Crippen molar-refractivity contribution in [2.45, 2.75) is 57.4 Å². The average Bonchev–Trinajstić information content (AvgIpc) is 3.65. The van der Waals surface area contributed by atoms with Gasteiger partial charge in [-0.1, -0.05) is 55.9 Å². The first-order chi connectivity index (χ1) is 21.4. The Morgan fingerprint density at radius 1 is 1.00 bits per heavy atom. The number of ether oxygens (including phenoxy) is 2. The summed E-state index contributed by atoms with van der Waals surface area (Å²) in [4.78, 5) is 50.5. The van der Waals surface area contributed by atoms with Gasteiger partial charge in [0.25, 0.3) is 5.91 Å². The number of amidine groups is 2. The van der Waals surface area contributed by atoms with E-state index in [1.54, 1.807) is 4.90 Å². The van der Waals surface area contributed by atoms with Crippen molar-refractivity contribution < 1.29 is 23.9 Å². The van der Waals surface area contributed by atoms with Gasteiger partial charge in [-0.05, 0) is 66.8 Å². The van der Waals surface area contributed by atoms with E-state index in [0.29, 0.717) is 41.2 Å². The summed E-state index contributed by atoms with van der Waals surface area (Å²) in [7, 11) is 0. The molecule has 44 heavy (non-hydrogen) atoms. The van der Waals surface area contributed by atoms with E-state index in [9.17, 15) is 14.4 Å². The van der Waals surface area contributed by atoms with Crippen LogP contribution in [0.3, 0.4) is 0 Å². The second kappa shape index (κ2) is 12.9. The summed E-state index contributed by atoms with van der Waals surface area (Å²) in [6.07, 6.45) is 1.83. The van der Waals surface area contributed by atoms with Crippen LogP contribution in [0.2, 0.25) is 0 Å². The molecule has 0 saturated carbocycles. The van der Waals surface area contributed by atoms with E-state index in [1.807, 2.05) is 73.7 Å². The Kier molecular flexibility index (Phi) is 8.65. The molecule has 3 amide bonds. The van der Waals surface area contributed by atoms with Crippen LogP contribution in [0.4, 0.5) is 11.4 Å². The SMILES string of the molecule is CCc1ccc(NC(=O)C(CC)SC2=Nc3ccccc3C3=NC(=O)C(CCC(=O)NCc4ccc5c(c4)OCO5)N23)cc1. The minimum atomic E-state index is -0.706. The quantitative estimate of drug-likeness (QED) is 0.324. The Morgan fingerprint density at radius 3 is 2.57 bits per heavy atom. The molecule has 2 atom stereocenters. The van der Waals surface area contributed by atoms with Gasteiger partial charge in [-0.15, -0.1) is 0 Å². The zero-order chi connectivity index (χ0) is 30.6. The van der Waals surface area contributed by atoms with Gasteiger partial charge in [-0.2, -0.15) is 4.99 Å². The van der Waals surface area contributed by atoms with Gasteiger partial charge in [0.2, 0.25) is 18.6 Å². The summed E-state index contributed by atoms with van der Waals surface area (Å²) >= 11 is 1.31. The molecule has 0 aromatic heterocycles. The molecular formula is C33H33N5O5S. The number of benzene rings is 3. The third-order valence-corrected chi connectivity index (χ3v) is 9.05. The molecule has 3 heterocycles. The lowest BCUT2D eigenvalue weighted by molar-refractivity contribution is -0.122. The molecule has 0 saturated heterocycles. The maximum Gasteiger partial charge on any atom is 0.270 e. The number of thioether (sulfide) groups is 1. The van der Waals surface area contributed by atoms with Crippen LogP contribution in [0.25, 0.3) is 0 Å². The topological polar surface area (TPSA) is 122 Å². The van der Waals surface area contributed by atoms with Crippen molar-refractivity contribution in [3.63, 3.8) is 0 Å². The maximum atomic E-state index is 13.4. The number of carbonyl (C=O) groups is 3. The Morgan fingerprint density at radius 2 is 1.77 bits per heavy atom. The highest BCUT2D eigenvalue weighted by molar-refractivity contribution is 8.15. The number of nitrogens with zero attached hydrogens (tertiary/aromatic N) is 3. The van der Waals surface area contributed by atoms with Crippen LogP contribution >= 0.6 is 11.8 Å². The molecule has 10 nitrogen and oxygen atoms in total. The molecule has 2 N–H and O–H groups in total. The van der Waals surface area contributed by atoms with Crippen LogP contribution in [-0.2, 0) is 27.3 Å². The second-order valence-electron chi connectivity index (χ2n) is 10.6. The van der Waals surface area contributed by atoms with Crippen molar-refractivity contribution in [3.05, 3.63) is 83.4 Å². The standard InChI is InChI=1S/C33H33N5O5S/c1-3-20-9-12-22(13-10-20)35-32(41)28(4-2)44-33-36-24-8-6-5-7-23(24)30-37-31(40)25(38(30)33)14-16-29(39)34-18-21-11-15-26-27(17-21)43-19-42-26/h5-13,15,17,25,28H,3-4,14,16,18-19H2,1-2H3,(H,34,39)(H,35,41). The first-order valence-corrected chi connectivity index (χ1v) is 15.6. The molecule has 226 valence electrons. The third kappa shape index (κ3) is 6.19. The minimum Gasteiger partial charge on any atom is -0.454 e. The largest absolute Gasteiger partial charge is 0.454 e. The van der Waals surface area contributed by atoms with Crippen molar-refractivity contribution >= 4 is 51.9 Å². The van der Waals surface area contributed by atoms with Crippen molar-refractivity contribution in [2.24, 2.45) is 9.98 Å². The molecule has 0 aliphatic carbocycles. The van der Waals surface area contributed by atoms with E-state index in [-0.39, 0.29) is 37.4 Å². The van der Waals surface area contributed by atoms with Gasteiger partial charge in [0, 0.05) is 24.2 Å². The number of anilines is 1. The van der Waals surface area contributed by atoms with Crippen molar-refractivity contribution in [1.29, 1.82) is 0 Å². The number of hydrogen-bond donors (Lipinski definition) is 2. The number of carbonyl (C=O) groups excluding carboxylic acids is 3. The summed E-state index contributed by atoms with van der Waals surface area (Å²) in [6, 6.07) is 20.1. The molecule has 0 bridgehead atoms. The second-order valence-corrected chi connectivity index (χ2v) is 11.8. The van der Waals surface area contributed by atoms with Gasteiger partial charge in [-0.3, -0.25) is 19.3 Å². The van der Waals surface area contributed by atoms with Crippen molar-refractivity contribution in [3.8, 4) is 11.5 Å². The smallest absolute Gasteiger partial charge is 0.270 e. The number of hydrogen-bond acceptors (Lipinski definition) is 8. The van der Waals surface area contributed by atoms with E-state index in [1.165, 1.54) is 17.3 Å². The molecule has 3 aliphatic rings. The molecule has 0 spiro atoms. The lowest BCUT2D eigenvalue weighted by Crippen LogP contribution is -2.45. The van der Waals surface area contributed by atoms with Gasteiger partial charge < -0.3 is 20.1 Å². The third-order valence-electron chi connectivity index (χ3n) is 7.72. The number of aliphatic imine (C=N–C) groups is 2. The summed E-state index contributed by atoms with van der Waals surface area (Å²) in [5, 5.41) is 5.99. The molecular weight excluding hydrogens is 578 g/mol. The molecule has 3 aromatic rings. The lowest BCUT2D eigenvalue weighted by atomic mass is 10.1. The molecule has 3 aliphatic heterocycles. The summed E-state index contributed by atoms with van der Waals surface area (Å²) in [5.41, 5.74) is 4.23. The van der Waals surface area contributed by atoms with Crippen LogP contribution in [0, 0.1) is 0 Å². The van der Waals surface area contributed by atoms with Crippen molar-refractivity contribution in [2.75, 3.05) is 12.1 Å². The van der Waals surface area contributed by atoms with E-state index in [2.05, 4.69) is 22.5 Å². The molecule has 2 unspecified atom stereocenters. The van der Waals surface area contributed by atoms with E-state index in [0.717, 1.165) is 23.2 Å². The molecule has 0 radical (unpaired) electrons. The van der Waals surface area contributed by atoms with Gasteiger partial charge in [0.15, 0.2) is 16.7 Å². The first-order valence-electron chi connectivity index (χ1n) is 14.7. The molecule has 6 rings (SSSR count). The Balaban J connectivity index is 1.15. The highest BCUT2D eigenvalue weighted by Gasteiger charge is 2.42. The minimum absolute atomic E-state index is 0.116. The molecule has 3 aromatic carbocycles. The summed E-state index contributed by atoms with van der Waals surface area (Å²) in [5.74, 6) is 1.17. The van der Waals surface area contributed by atoms with Crippen LogP contribution in [0.15, 0.2) is 76.7 Å². The predicted octanol–water partition coefficient (Wildman–Crippen LogP) is 5.18. The predicted molar refractivity (Wildman–Crippen MR) is 170 cm³/mol. The van der Waals surface area contributed by atoms with Crippen molar-refractivity contribution in [1.82, 2.24) is 10.2 Å². The number of fused-ring (bicyclic) bond motifs is 4. The van der Waals surface area contributed by atoms with Crippen LogP contribution in [-0.4, -0.2) is 51.7 Å². The van der Waals surface area contributed by atoms with Gasteiger partial charge in [-0.25, -0.2) is 4.99 Å². The van der Waals surface area contributed by atoms with Crippen LogP contribution in [0.5, 0.6) is 11.5 Å². The van der Waals surface area contributed by atoms with Crippen LogP contribution < -0.4 is 20.1 Å². The van der Waals surface area contributed by atoms with Gasteiger partial charge >= 0.3 is 0 Å². The fraction of sp³-hybridized carbons (Fsp3) is 0.303. The van der Waals surface area contributed by atoms with Crippen LogP contribution in [0.1, 0.15) is 49.8 Å². The highest BCUT2D eigenvalue weighted by atomic mass is 32.2. The Hall–Kier alpha value is -4.64. The maximum absolute atomic E-state index is 13.4. The summed E-state index contributed by atoms with van der Waals surface area (Å²) in [6.45, 7) is 4.54. The zero-order valence-electron chi connectivity index (χ0n) is 24.5. The monoisotopic (exact) mass is 611 g/mol. The van der Waals surface area contributed by atoms with E-state index >= 15 is 0 Å². The molecule has 11 heteroatoms. The zero-order valence-corrected chi connectivity index (χ0v) is 25.4. The highest BCUT2D eigenvalue weighted by Crippen LogP contribution is 2.37. The number of nitrogens with one attached hydrogen (secondary N) is 2. The fourth-order valence-electron chi connectivity index (χ4n) is 5.26. The van der Waals surface area contributed by atoms with Gasteiger partial charge in [0.1, 0.15) is 11.9 Å². The Labute approximate surface area is 259 Å². The van der Waals surface area contributed by atoms with E-state index in [4.69, 9.17) is 14.5 Å². The lowest BCUT2D eigenvalue weighted by Gasteiger charge is -2.32. The fourth-order valence-corrected chi connectivity index (χ4v) is 6.33. The average molecular weight is 612 g/mol. The Bertz CT molecular complexity index is 1650. The summed E-state index contributed by atoms with van der Waals surface area (Å²) < 4.78 is 10.8. The number of para-hydroxylation sites is 1. The van der Waals surface area contributed by atoms with Gasteiger partial charge in [0.05, 0.1) is 10.9 Å².